The number of hydrogen-bond donors (Lipinski definition) is 1. The van der Waals surface area contributed by atoms with Gasteiger partial charge < -0.3 is 9.84 Å². The van der Waals surface area contributed by atoms with Gasteiger partial charge in [0.2, 0.25) is 0 Å². The number of aromatic hydroxyl groups is 1. The van der Waals surface area contributed by atoms with Gasteiger partial charge in [0, 0.05) is 0 Å². The predicted molar refractivity (Wildman–Crippen MR) is 69.6 cm³/mol. The van der Waals surface area contributed by atoms with Crippen LogP contribution in [0.4, 0.5) is 0 Å². The van der Waals surface area contributed by atoms with E-state index >= 15 is 0 Å². The van der Waals surface area contributed by atoms with Crippen LogP contribution in [0, 0.1) is 6.92 Å². The van der Waals surface area contributed by atoms with Crippen LogP contribution in [0.1, 0.15) is 15.9 Å². The highest BCUT2D eigenvalue weighted by molar-refractivity contribution is 5.90. The fourth-order valence-corrected chi connectivity index (χ4v) is 1.88. The number of hydrogen-bond acceptors (Lipinski definition) is 3. The molecule has 92 valence electrons. The van der Waals surface area contributed by atoms with E-state index in [2.05, 4.69) is 4.74 Å². The standard InChI is InChI=1S/C15H14O3/c1-10-9-13(16)7-8-14(10)11-3-5-12(6-4-11)15(17)18-2/h3-9,16H,1-2H3. The number of phenols is 1. The molecule has 0 amide bonds. The van der Waals surface area contributed by atoms with Crippen LogP contribution in [0.2, 0.25) is 0 Å². The Bertz CT molecular complexity index is 571. The van der Waals surface area contributed by atoms with Crippen LogP contribution in [0.5, 0.6) is 5.75 Å². The highest BCUT2D eigenvalue weighted by Crippen LogP contribution is 2.26. The maximum atomic E-state index is 11.3. The van der Waals surface area contributed by atoms with E-state index in [-0.39, 0.29) is 11.7 Å². The van der Waals surface area contributed by atoms with Crippen LogP contribution < -0.4 is 0 Å². The number of ether oxygens (including phenoxy) is 1. The van der Waals surface area contributed by atoms with E-state index in [0.29, 0.717) is 5.56 Å². The molecule has 0 atom stereocenters. The zero-order valence-corrected chi connectivity index (χ0v) is 10.3. The summed E-state index contributed by atoms with van der Waals surface area (Å²) in [5.74, 6) is -0.0913. The first kappa shape index (κ1) is 12.2. The topological polar surface area (TPSA) is 46.5 Å². The van der Waals surface area contributed by atoms with Crippen LogP contribution in [0.3, 0.4) is 0 Å². The first-order chi connectivity index (χ1) is 8.61. The summed E-state index contributed by atoms with van der Waals surface area (Å²) in [7, 11) is 1.36. The van der Waals surface area contributed by atoms with Crippen molar-refractivity contribution in [3.63, 3.8) is 0 Å². The molecule has 0 bridgehead atoms. The second-order valence-electron chi connectivity index (χ2n) is 4.07. The lowest BCUT2D eigenvalue weighted by Crippen LogP contribution is -2.00. The highest BCUT2D eigenvalue weighted by atomic mass is 16.5. The molecule has 2 aromatic rings. The molecule has 2 aromatic carbocycles. The number of benzene rings is 2. The van der Waals surface area contributed by atoms with Crippen LogP contribution >= 0.6 is 0 Å². The van der Waals surface area contributed by atoms with E-state index in [1.807, 2.05) is 25.1 Å². The Balaban J connectivity index is 2.37. The molecule has 2 rings (SSSR count). The summed E-state index contributed by atoms with van der Waals surface area (Å²) >= 11 is 0. The fourth-order valence-electron chi connectivity index (χ4n) is 1.88. The van der Waals surface area contributed by atoms with Crippen LogP contribution in [0.25, 0.3) is 11.1 Å². The lowest BCUT2D eigenvalue weighted by molar-refractivity contribution is 0.0601. The molecule has 0 aliphatic heterocycles. The molecule has 0 heterocycles. The lowest BCUT2D eigenvalue weighted by atomic mass is 9.99. The van der Waals surface area contributed by atoms with Gasteiger partial charge in [-0.3, -0.25) is 0 Å². The largest absolute Gasteiger partial charge is 0.508 e. The minimum atomic E-state index is -0.344. The molecule has 0 aliphatic rings. The second kappa shape index (κ2) is 4.92. The van der Waals surface area contributed by atoms with E-state index in [1.54, 1.807) is 24.3 Å². The maximum Gasteiger partial charge on any atom is 0.337 e. The molecular weight excluding hydrogens is 228 g/mol. The molecule has 0 saturated carbocycles. The van der Waals surface area contributed by atoms with E-state index in [9.17, 15) is 9.90 Å². The Morgan fingerprint density at radius 2 is 1.78 bits per heavy atom. The molecule has 0 spiro atoms. The van der Waals surface area contributed by atoms with Gasteiger partial charge in [0.1, 0.15) is 5.75 Å². The molecule has 3 nitrogen and oxygen atoms in total. The zero-order chi connectivity index (χ0) is 13.1. The molecule has 3 heteroatoms. The van der Waals surface area contributed by atoms with Crippen molar-refractivity contribution >= 4 is 5.97 Å². The molecule has 18 heavy (non-hydrogen) atoms. The number of methoxy groups -OCH3 is 1. The summed E-state index contributed by atoms with van der Waals surface area (Å²) in [6.45, 7) is 1.93. The Hall–Kier alpha value is -2.29. The third-order valence-corrected chi connectivity index (χ3v) is 2.83. The van der Waals surface area contributed by atoms with E-state index < -0.39 is 0 Å². The van der Waals surface area contributed by atoms with Gasteiger partial charge >= 0.3 is 5.97 Å². The van der Waals surface area contributed by atoms with Crippen LogP contribution in [0.15, 0.2) is 42.5 Å². The highest BCUT2D eigenvalue weighted by Gasteiger charge is 2.06. The van der Waals surface area contributed by atoms with Gasteiger partial charge in [0.25, 0.3) is 0 Å². The molecule has 0 aromatic heterocycles. The number of carbonyl (C=O) groups excluding carboxylic acids is 1. The molecule has 0 radical (unpaired) electrons. The predicted octanol–water partition coefficient (Wildman–Crippen LogP) is 3.15. The van der Waals surface area contributed by atoms with Gasteiger partial charge in [-0.15, -0.1) is 0 Å². The van der Waals surface area contributed by atoms with E-state index in [0.717, 1.165) is 16.7 Å². The summed E-state index contributed by atoms with van der Waals surface area (Å²) < 4.78 is 4.65. The lowest BCUT2D eigenvalue weighted by Gasteiger charge is -2.07. The number of phenolic OH excluding ortho intramolecular Hbond substituents is 1. The summed E-state index contributed by atoms with van der Waals surface area (Å²) in [5.41, 5.74) is 3.54. The third-order valence-electron chi connectivity index (χ3n) is 2.83. The molecule has 0 unspecified atom stereocenters. The fraction of sp³-hybridized carbons (Fsp3) is 0.133. The van der Waals surface area contributed by atoms with Crippen LogP contribution in [-0.4, -0.2) is 18.2 Å². The van der Waals surface area contributed by atoms with Gasteiger partial charge in [-0.05, 0) is 47.9 Å². The first-order valence-electron chi connectivity index (χ1n) is 5.60. The van der Waals surface area contributed by atoms with E-state index in [4.69, 9.17) is 0 Å². The molecule has 0 saturated heterocycles. The summed E-state index contributed by atoms with van der Waals surface area (Å²) in [4.78, 5) is 11.3. The van der Waals surface area contributed by atoms with Gasteiger partial charge in [0.15, 0.2) is 0 Å². The number of rotatable bonds is 2. The average molecular weight is 242 g/mol. The third kappa shape index (κ3) is 2.35. The molecule has 1 N–H and O–H groups in total. The normalized spacial score (nSPS) is 10.1. The summed E-state index contributed by atoms with van der Waals surface area (Å²) in [6.07, 6.45) is 0. The Morgan fingerprint density at radius 3 is 2.33 bits per heavy atom. The van der Waals surface area contributed by atoms with Crippen molar-refractivity contribution in [2.24, 2.45) is 0 Å². The van der Waals surface area contributed by atoms with Crippen molar-refractivity contribution in [3.8, 4) is 16.9 Å². The Morgan fingerprint density at radius 1 is 1.11 bits per heavy atom. The van der Waals surface area contributed by atoms with Crippen molar-refractivity contribution < 1.29 is 14.6 Å². The van der Waals surface area contributed by atoms with Gasteiger partial charge in [0.05, 0.1) is 12.7 Å². The van der Waals surface area contributed by atoms with Crippen LogP contribution in [-0.2, 0) is 4.74 Å². The van der Waals surface area contributed by atoms with Gasteiger partial charge in [-0.25, -0.2) is 4.79 Å². The van der Waals surface area contributed by atoms with Gasteiger partial charge in [-0.1, -0.05) is 18.2 Å². The summed E-state index contributed by atoms with van der Waals surface area (Å²) in [6, 6.07) is 12.4. The monoisotopic (exact) mass is 242 g/mol. The average Bonchev–Trinajstić information content (AvgIpc) is 2.38. The quantitative estimate of drug-likeness (QED) is 0.823. The van der Waals surface area contributed by atoms with Crippen molar-refractivity contribution in [2.45, 2.75) is 6.92 Å². The van der Waals surface area contributed by atoms with Crippen molar-refractivity contribution in [1.82, 2.24) is 0 Å². The first-order valence-corrected chi connectivity index (χ1v) is 5.60. The SMILES string of the molecule is COC(=O)c1ccc(-c2ccc(O)cc2C)cc1. The minimum absolute atomic E-state index is 0.252. The molecular formula is C15H14O3. The van der Waals surface area contributed by atoms with Gasteiger partial charge in [-0.2, -0.15) is 0 Å². The summed E-state index contributed by atoms with van der Waals surface area (Å²) in [5, 5.41) is 9.37. The molecule has 0 fully saturated rings. The van der Waals surface area contributed by atoms with Crippen molar-refractivity contribution in [3.05, 3.63) is 53.6 Å². The number of aryl methyl sites for hydroxylation is 1. The number of carbonyl (C=O) groups is 1. The zero-order valence-electron chi connectivity index (χ0n) is 10.3. The second-order valence-corrected chi connectivity index (χ2v) is 4.07. The van der Waals surface area contributed by atoms with Crippen molar-refractivity contribution in [1.29, 1.82) is 0 Å². The Kier molecular flexibility index (Phi) is 3.33. The van der Waals surface area contributed by atoms with Crippen molar-refractivity contribution in [2.75, 3.05) is 7.11 Å². The minimum Gasteiger partial charge on any atom is -0.508 e. The molecule has 0 aliphatic carbocycles. The maximum absolute atomic E-state index is 11.3. The number of esters is 1. The van der Waals surface area contributed by atoms with E-state index in [1.165, 1.54) is 7.11 Å². The Labute approximate surface area is 106 Å². The smallest absolute Gasteiger partial charge is 0.337 e.